The molecule has 4 rings (SSSR count). The Kier molecular flexibility index (Phi) is 8.57. The zero-order valence-electron chi connectivity index (χ0n) is 23.2. The summed E-state index contributed by atoms with van der Waals surface area (Å²) in [7, 11) is 3.49. The highest BCUT2D eigenvalue weighted by Crippen LogP contribution is 2.32. The molecule has 204 valence electrons. The van der Waals surface area contributed by atoms with Gasteiger partial charge in [0.05, 0.1) is 13.2 Å². The summed E-state index contributed by atoms with van der Waals surface area (Å²) in [6, 6.07) is 18.3. The molecule has 0 aliphatic rings. The zero-order valence-corrected chi connectivity index (χ0v) is 23.2. The Morgan fingerprint density at radius 1 is 1.03 bits per heavy atom. The Hall–Kier alpha value is -3.88. The van der Waals surface area contributed by atoms with Crippen LogP contribution in [0.4, 0.5) is 4.39 Å². The van der Waals surface area contributed by atoms with Crippen LogP contribution in [0.5, 0.6) is 0 Å². The minimum atomic E-state index is -0.517. The molecule has 0 fully saturated rings. The van der Waals surface area contributed by atoms with Gasteiger partial charge in [-0.15, -0.1) is 0 Å². The molecular weight excluding hydrogens is 497 g/mol. The van der Waals surface area contributed by atoms with Gasteiger partial charge < -0.3 is 14.0 Å². The molecule has 0 spiro atoms. The third-order valence-corrected chi connectivity index (χ3v) is 6.02. The van der Waals surface area contributed by atoms with Crippen molar-refractivity contribution in [2.45, 2.75) is 46.4 Å². The summed E-state index contributed by atoms with van der Waals surface area (Å²) in [5.74, 6) is 0.274. The van der Waals surface area contributed by atoms with Gasteiger partial charge in [0.25, 0.3) is 5.89 Å². The number of carbonyl (C=O) groups excluding carboxylic acids is 1. The number of likely N-dealkylation sites (N-methyl/N-ethyl adjacent to an activating group) is 1. The first-order chi connectivity index (χ1) is 18.5. The fourth-order valence-electron chi connectivity index (χ4n) is 4.38. The quantitative estimate of drug-likeness (QED) is 0.230. The van der Waals surface area contributed by atoms with E-state index in [0.717, 1.165) is 38.9 Å². The number of aromatic nitrogens is 2. The van der Waals surface area contributed by atoms with Crippen molar-refractivity contribution in [3.8, 4) is 34.0 Å². The van der Waals surface area contributed by atoms with E-state index in [1.54, 1.807) is 13.2 Å². The van der Waals surface area contributed by atoms with Crippen LogP contribution in [0.15, 0.2) is 65.2 Å². The highest BCUT2D eigenvalue weighted by molar-refractivity contribution is 5.74. The van der Waals surface area contributed by atoms with Gasteiger partial charge in [-0.3, -0.25) is 9.69 Å². The van der Waals surface area contributed by atoms with Gasteiger partial charge in [-0.1, -0.05) is 35.5 Å². The second-order valence-electron chi connectivity index (χ2n) is 10.6. The van der Waals surface area contributed by atoms with Gasteiger partial charge in [0, 0.05) is 24.8 Å². The summed E-state index contributed by atoms with van der Waals surface area (Å²) >= 11 is 0. The fraction of sp³-hybridized carbons (Fsp3) is 0.323. The molecule has 8 heteroatoms. The average molecular weight is 532 g/mol. The van der Waals surface area contributed by atoms with Crippen LogP contribution in [0.1, 0.15) is 37.5 Å². The van der Waals surface area contributed by atoms with Crippen molar-refractivity contribution in [2.75, 3.05) is 20.7 Å². The van der Waals surface area contributed by atoms with Crippen LogP contribution in [-0.4, -0.2) is 47.3 Å². The van der Waals surface area contributed by atoms with E-state index in [1.807, 2.05) is 82.1 Å². The molecule has 0 saturated carbocycles. The van der Waals surface area contributed by atoms with E-state index in [9.17, 15) is 9.18 Å². The number of hydrogen-bond donors (Lipinski definition) is 0. The first kappa shape index (κ1) is 28.1. The van der Waals surface area contributed by atoms with Crippen LogP contribution < -0.4 is 0 Å². The molecule has 1 heterocycles. The molecule has 4 aromatic rings. The topological polar surface area (TPSA) is 77.7 Å². The molecule has 0 bridgehead atoms. The number of halogens is 1. The fourth-order valence-corrected chi connectivity index (χ4v) is 4.38. The summed E-state index contributed by atoms with van der Waals surface area (Å²) in [5, 5.41) is 4.20. The maximum absolute atomic E-state index is 14.0. The smallest absolute Gasteiger partial charge is 0.320 e. The molecule has 1 aromatic heterocycles. The lowest BCUT2D eigenvalue weighted by molar-refractivity contribution is -0.155. The van der Waals surface area contributed by atoms with Crippen molar-refractivity contribution < 1.29 is 23.2 Å². The normalized spacial score (nSPS) is 11.7. The molecule has 0 aliphatic heterocycles. The van der Waals surface area contributed by atoms with E-state index in [-0.39, 0.29) is 18.3 Å². The van der Waals surface area contributed by atoms with Crippen LogP contribution in [0.2, 0.25) is 0 Å². The predicted molar refractivity (Wildman–Crippen MR) is 148 cm³/mol. The van der Waals surface area contributed by atoms with Crippen LogP contribution >= 0.6 is 0 Å². The molecular formula is C31H34FN3O4. The summed E-state index contributed by atoms with van der Waals surface area (Å²) in [6.07, 6.45) is 0. The SMILES string of the molecule is COCc1cc(-c2nc(-c3cccc(CN(C)CC(=O)OC(C)(C)C)c3)no2)ccc1-c1cc(F)ccc1C. The maximum atomic E-state index is 14.0. The van der Waals surface area contributed by atoms with Crippen molar-refractivity contribution in [1.29, 1.82) is 0 Å². The second kappa shape index (κ2) is 11.9. The molecule has 0 unspecified atom stereocenters. The molecule has 0 N–H and O–H groups in total. The van der Waals surface area contributed by atoms with E-state index in [2.05, 4.69) is 10.1 Å². The van der Waals surface area contributed by atoms with Crippen molar-refractivity contribution in [3.05, 3.63) is 83.2 Å². The maximum Gasteiger partial charge on any atom is 0.320 e. The third kappa shape index (κ3) is 7.37. The highest BCUT2D eigenvalue weighted by atomic mass is 19.1. The first-order valence-corrected chi connectivity index (χ1v) is 12.7. The van der Waals surface area contributed by atoms with E-state index < -0.39 is 5.60 Å². The number of aryl methyl sites for hydroxylation is 1. The van der Waals surface area contributed by atoms with Gasteiger partial charge in [-0.25, -0.2) is 4.39 Å². The Bertz CT molecular complexity index is 1460. The van der Waals surface area contributed by atoms with Crippen LogP contribution in [0.3, 0.4) is 0 Å². The number of ether oxygens (including phenoxy) is 2. The molecule has 0 aliphatic carbocycles. The summed E-state index contributed by atoms with van der Waals surface area (Å²) in [4.78, 5) is 18.7. The predicted octanol–water partition coefficient (Wildman–Crippen LogP) is 6.44. The van der Waals surface area contributed by atoms with Crippen LogP contribution in [-0.2, 0) is 27.4 Å². The van der Waals surface area contributed by atoms with Crippen LogP contribution in [0, 0.1) is 12.7 Å². The zero-order chi connectivity index (χ0) is 28.2. The lowest BCUT2D eigenvalue weighted by Gasteiger charge is -2.22. The van der Waals surface area contributed by atoms with E-state index in [1.165, 1.54) is 12.1 Å². The molecule has 0 atom stereocenters. The number of esters is 1. The van der Waals surface area contributed by atoms with Crippen molar-refractivity contribution in [1.82, 2.24) is 15.0 Å². The minimum Gasteiger partial charge on any atom is -0.459 e. The van der Waals surface area contributed by atoms with E-state index in [0.29, 0.717) is 24.9 Å². The number of rotatable bonds is 9. The molecule has 3 aromatic carbocycles. The summed E-state index contributed by atoms with van der Waals surface area (Å²) in [5.41, 5.74) is 5.59. The second-order valence-corrected chi connectivity index (χ2v) is 10.6. The van der Waals surface area contributed by atoms with Crippen molar-refractivity contribution in [2.24, 2.45) is 0 Å². The van der Waals surface area contributed by atoms with E-state index in [4.69, 9.17) is 14.0 Å². The standard InChI is InChI=1S/C31H34FN3O4/c1-20-10-12-25(32)16-27(20)26-13-11-23(15-24(26)19-37-6)30-33-29(34-39-30)22-9-7-8-21(14-22)17-35(5)18-28(36)38-31(2,3)4/h7-16H,17-19H2,1-6H3. The van der Waals surface area contributed by atoms with Crippen LogP contribution in [0.25, 0.3) is 34.0 Å². The molecule has 7 nitrogen and oxygen atoms in total. The van der Waals surface area contributed by atoms with Gasteiger partial charge in [0.1, 0.15) is 11.4 Å². The number of benzene rings is 3. The minimum absolute atomic E-state index is 0.183. The number of methoxy groups -OCH3 is 1. The number of carbonyl (C=O) groups is 1. The lowest BCUT2D eigenvalue weighted by Crippen LogP contribution is -2.32. The highest BCUT2D eigenvalue weighted by Gasteiger charge is 2.18. The molecule has 39 heavy (non-hydrogen) atoms. The third-order valence-electron chi connectivity index (χ3n) is 6.02. The van der Waals surface area contributed by atoms with Gasteiger partial charge in [0.15, 0.2) is 0 Å². The van der Waals surface area contributed by atoms with Gasteiger partial charge >= 0.3 is 5.97 Å². The van der Waals surface area contributed by atoms with Crippen molar-refractivity contribution >= 4 is 5.97 Å². The number of nitrogens with zero attached hydrogens (tertiary/aromatic N) is 3. The Labute approximate surface area is 228 Å². The molecule has 0 saturated heterocycles. The monoisotopic (exact) mass is 531 g/mol. The average Bonchev–Trinajstić information content (AvgIpc) is 3.35. The van der Waals surface area contributed by atoms with Gasteiger partial charge in [-0.2, -0.15) is 4.98 Å². The van der Waals surface area contributed by atoms with Crippen molar-refractivity contribution in [3.63, 3.8) is 0 Å². The first-order valence-electron chi connectivity index (χ1n) is 12.7. The molecule has 0 amide bonds. The lowest BCUT2D eigenvalue weighted by atomic mass is 9.94. The Balaban J connectivity index is 1.54. The molecule has 0 radical (unpaired) electrons. The van der Waals surface area contributed by atoms with Gasteiger partial charge in [-0.05, 0) is 92.9 Å². The summed E-state index contributed by atoms with van der Waals surface area (Å²) in [6.45, 7) is 8.59. The number of hydrogen-bond acceptors (Lipinski definition) is 7. The van der Waals surface area contributed by atoms with E-state index >= 15 is 0 Å². The van der Waals surface area contributed by atoms with Gasteiger partial charge in [0.2, 0.25) is 5.82 Å². The largest absolute Gasteiger partial charge is 0.459 e. The summed E-state index contributed by atoms with van der Waals surface area (Å²) < 4.78 is 30.4. The Morgan fingerprint density at radius 2 is 1.82 bits per heavy atom. The Morgan fingerprint density at radius 3 is 2.56 bits per heavy atom.